The van der Waals surface area contributed by atoms with Crippen molar-refractivity contribution in [3.63, 3.8) is 0 Å². The number of amides is 2. The molecule has 3 rings (SSSR count). The Labute approximate surface area is 170 Å². The van der Waals surface area contributed by atoms with E-state index in [2.05, 4.69) is 5.32 Å². The maximum atomic E-state index is 12.7. The first-order chi connectivity index (χ1) is 14.1. The fourth-order valence-electron chi connectivity index (χ4n) is 3.35. The predicted molar refractivity (Wildman–Crippen MR) is 110 cm³/mol. The summed E-state index contributed by atoms with van der Waals surface area (Å²) in [6, 6.07) is 12.2. The van der Waals surface area contributed by atoms with Crippen molar-refractivity contribution >= 4 is 17.5 Å². The molecule has 2 amide bonds. The number of nitrogens with zero attached hydrogens (tertiary/aromatic N) is 1. The molecule has 154 valence electrons. The predicted octanol–water partition coefficient (Wildman–Crippen LogP) is 2.57. The van der Waals surface area contributed by atoms with Gasteiger partial charge in [-0.1, -0.05) is 6.07 Å². The van der Waals surface area contributed by atoms with E-state index in [1.165, 1.54) is 4.90 Å². The number of hydrogen-bond donors (Lipinski definition) is 1. The molecule has 29 heavy (non-hydrogen) atoms. The van der Waals surface area contributed by atoms with Crippen LogP contribution in [0.1, 0.15) is 18.9 Å². The van der Waals surface area contributed by atoms with Crippen molar-refractivity contribution in [2.24, 2.45) is 0 Å². The van der Waals surface area contributed by atoms with E-state index in [1.807, 2.05) is 25.1 Å². The minimum Gasteiger partial charge on any atom is -0.494 e. The number of anilines is 1. The second kappa shape index (κ2) is 9.43. The summed E-state index contributed by atoms with van der Waals surface area (Å²) < 4.78 is 16.0. The summed E-state index contributed by atoms with van der Waals surface area (Å²) >= 11 is 0. The highest BCUT2D eigenvalue weighted by molar-refractivity contribution is 6.22. The second-order valence-corrected chi connectivity index (χ2v) is 6.64. The van der Waals surface area contributed by atoms with E-state index in [0.29, 0.717) is 42.5 Å². The molecule has 0 spiro atoms. The molecule has 1 aliphatic heterocycles. The highest BCUT2D eigenvalue weighted by Crippen LogP contribution is 2.28. The Balaban J connectivity index is 1.58. The lowest BCUT2D eigenvalue weighted by Crippen LogP contribution is -2.39. The van der Waals surface area contributed by atoms with E-state index in [9.17, 15) is 9.59 Å². The number of ether oxygens (including phenoxy) is 3. The van der Waals surface area contributed by atoms with Gasteiger partial charge in [-0.15, -0.1) is 0 Å². The Kier molecular flexibility index (Phi) is 6.72. The zero-order chi connectivity index (χ0) is 20.8. The van der Waals surface area contributed by atoms with Gasteiger partial charge in [0.25, 0.3) is 5.91 Å². The lowest BCUT2D eigenvalue weighted by Gasteiger charge is -2.16. The van der Waals surface area contributed by atoms with Crippen molar-refractivity contribution in [1.29, 1.82) is 0 Å². The van der Waals surface area contributed by atoms with Crippen LogP contribution in [0.15, 0.2) is 42.5 Å². The Morgan fingerprint density at radius 1 is 1.03 bits per heavy atom. The zero-order valence-corrected chi connectivity index (χ0v) is 16.9. The van der Waals surface area contributed by atoms with E-state index >= 15 is 0 Å². The summed E-state index contributed by atoms with van der Waals surface area (Å²) in [7, 11) is 3.19. The van der Waals surface area contributed by atoms with Crippen molar-refractivity contribution in [2.45, 2.75) is 25.8 Å². The van der Waals surface area contributed by atoms with Crippen LogP contribution in [0.4, 0.5) is 5.69 Å². The minimum atomic E-state index is -0.519. The Bertz CT molecular complexity index is 866. The van der Waals surface area contributed by atoms with Crippen LogP contribution in [-0.2, 0) is 16.0 Å². The molecule has 0 unspecified atom stereocenters. The molecule has 0 aliphatic carbocycles. The van der Waals surface area contributed by atoms with Gasteiger partial charge in [-0.25, -0.2) is 4.90 Å². The van der Waals surface area contributed by atoms with Crippen LogP contribution in [0.25, 0.3) is 0 Å². The average Bonchev–Trinajstić information content (AvgIpc) is 3.02. The first-order valence-corrected chi connectivity index (χ1v) is 9.61. The summed E-state index contributed by atoms with van der Waals surface area (Å²) in [5, 5.41) is 3.20. The third-order valence-electron chi connectivity index (χ3n) is 4.80. The highest BCUT2D eigenvalue weighted by atomic mass is 16.5. The van der Waals surface area contributed by atoms with Crippen molar-refractivity contribution in [2.75, 3.05) is 32.3 Å². The van der Waals surface area contributed by atoms with Crippen LogP contribution in [0, 0.1) is 0 Å². The number of nitrogens with one attached hydrogen (secondary N) is 1. The van der Waals surface area contributed by atoms with Crippen LogP contribution in [0.3, 0.4) is 0 Å². The van der Waals surface area contributed by atoms with Gasteiger partial charge in [0.1, 0.15) is 5.75 Å². The molecule has 1 N–H and O–H groups in total. The number of carbonyl (C=O) groups excluding carboxylic acids is 2. The lowest BCUT2D eigenvalue weighted by molar-refractivity contribution is -0.121. The van der Waals surface area contributed by atoms with Gasteiger partial charge in [-0.2, -0.15) is 0 Å². The van der Waals surface area contributed by atoms with Gasteiger partial charge < -0.3 is 19.5 Å². The zero-order valence-electron chi connectivity index (χ0n) is 16.9. The first-order valence-electron chi connectivity index (χ1n) is 9.61. The molecule has 0 bridgehead atoms. The summed E-state index contributed by atoms with van der Waals surface area (Å²) in [5.41, 5.74) is 1.61. The number of hydrogen-bond acceptors (Lipinski definition) is 6. The molecule has 0 aromatic heterocycles. The molecule has 2 aromatic carbocycles. The van der Waals surface area contributed by atoms with Crippen molar-refractivity contribution in [3.8, 4) is 17.2 Å². The molecule has 1 heterocycles. The number of benzene rings is 2. The maximum Gasteiger partial charge on any atom is 0.251 e. The Morgan fingerprint density at radius 3 is 2.41 bits per heavy atom. The van der Waals surface area contributed by atoms with Gasteiger partial charge in [-0.05, 0) is 61.9 Å². The lowest BCUT2D eigenvalue weighted by atomic mass is 10.1. The Morgan fingerprint density at radius 2 is 1.76 bits per heavy atom. The molecule has 0 saturated carbocycles. The topological polar surface area (TPSA) is 77.1 Å². The molecule has 7 heteroatoms. The van der Waals surface area contributed by atoms with Crippen molar-refractivity contribution in [3.05, 3.63) is 48.0 Å². The van der Waals surface area contributed by atoms with E-state index in [1.54, 1.807) is 38.5 Å². The molecular formula is C22H26N2O5. The van der Waals surface area contributed by atoms with Crippen LogP contribution in [0.5, 0.6) is 17.2 Å². The fraction of sp³-hybridized carbons (Fsp3) is 0.364. The van der Waals surface area contributed by atoms with E-state index < -0.39 is 6.04 Å². The number of rotatable bonds is 9. The van der Waals surface area contributed by atoms with Crippen LogP contribution >= 0.6 is 0 Å². The van der Waals surface area contributed by atoms with Crippen LogP contribution < -0.4 is 24.4 Å². The molecule has 1 aliphatic rings. The summed E-state index contributed by atoms with van der Waals surface area (Å²) in [4.78, 5) is 26.4. The van der Waals surface area contributed by atoms with E-state index in [0.717, 1.165) is 5.56 Å². The highest BCUT2D eigenvalue weighted by Gasteiger charge is 2.39. The maximum absolute atomic E-state index is 12.7. The van der Waals surface area contributed by atoms with Crippen LogP contribution in [-0.4, -0.2) is 45.2 Å². The van der Waals surface area contributed by atoms with Gasteiger partial charge in [0, 0.05) is 0 Å². The van der Waals surface area contributed by atoms with Gasteiger partial charge in [-0.3, -0.25) is 9.59 Å². The van der Waals surface area contributed by atoms with Crippen LogP contribution in [0.2, 0.25) is 0 Å². The standard InChI is InChI=1S/C22H26N2O5/c1-4-29-17-8-6-16(7-9-17)24-21(25)14-18(22(24)26)23-12-11-15-5-10-19(27-2)20(13-15)28-3/h5-10,13,18,23H,4,11-12,14H2,1-3H3/t18-/m1/s1. The smallest absolute Gasteiger partial charge is 0.251 e. The van der Waals surface area contributed by atoms with Gasteiger partial charge >= 0.3 is 0 Å². The quantitative estimate of drug-likeness (QED) is 0.654. The average molecular weight is 398 g/mol. The summed E-state index contributed by atoms with van der Waals surface area (Å²) in [6.07, 6.45) is 0.847. The number of imide groups is 1. The SMILES string of the molecule is CCOc1ccc(N2C(=O)C[C@@H](NCCc3ccc(OC)c(OC)c3)C2=O)cc1. The normalized spacial score (nSPS) is 16.2. The van der Waals surface area contributed by atoms with Gasteiger partial charge in [0.2, 0.25) is 5.91 Å². The number of carbonyl (C=O) groups is 2. The molecule has 7 nitrogen and oxygen atoms in total. The second-order valence-electron chi connectivity index (χ2n) is 6.64. The van der Waals surface area contributed by atoms with E-state index in [4.69, 9.17) is 14.2 Å². The third-order valence-corrected chi connectivity index (χ3v) is 4.80. The molecule has 1 fully saturated rings. The fourth-order valence-corrected chi connectivity index (χ4v) is 3.35. The monoisotopic (exact) mass is 398 g/mol. The largest absolute Gasteiger partial charge is 0.494 e. The Hall–Kier alpha value is -3.06. The first kappa shape index (κ1) is 20.7. The molecule has 2 aromatic rings. The van der Waals surface area contributed by atoms with Gasteiger partial charge in [0.15, 0.2) is 11.5 Å². The number of methoxy groups -OCH3 is 2. The molecule has 1 saturated heterocycles. The summed E-state index contributed by atoms with van der Waals surface area (Å²) in [5.74, 6) is 1.61. The van der Waals surface area contributed by atoms with Gasteiger partial charge in [0.05, 0.1) is 39.0 Å². The van der Waals surface area contributed by atoms with Crippen molar-refractivity contribution in [1.82, 2.24) is 5.32 Å². The molecule has 1 atom stereocenters. The van der Waals surface area contributed by atoms with Crippen molar-refractivity contribution < 1.29 is 23.8 Å². The van der Waals surface area contributed by atoms with E-state index in [-0.39, 0.29) is 18.2 Å². The molecular weight excluding hydrogens is 372 g/mol. The third kappa shape index (κ3) is 4.68. The molecule has 0 radical (unpaired) electrons. The minimum absolute atomic E-state index is 0.151. The summed E-state index contributed by atoms with van der Waals surface area (Å²) in [6.45, 7) is 3.03.